The van der Waals surface area contributed by atoms with Crippen LogP contribution in [-0.4, -0.2) is 24.8 Å². The summed E-state index contributed by atoms with van der Waals surface area (Å²) in [4.78, 5) is 25.4. The molecule has 122 valence electrons. The van der Waals surface area contributed by atoms with Gasteiger partial charge in [0.15, 0.2) is 11.6 Å². The van der Waals surface area contributed by atoms with Crippen LogP contribution in [0.1, 0.15) is 41.9 Å². The van der Waals surface area contributed by atoms with Crippen molar-refractivity contribution < 1.29 is 14.3 Å². The fourth-order valence-corrected chi connectivity index (χ4v) is 4.37. The SMILES string of the molecule is Cc1cc(Br)cc(C)c1C1C(=O)C/C(=C\C2CCOCC2)C1=O. The maximum atomic E-state index is 12.8. The number of carbonyl (C=O) groups excluding carboxylic acids is 2. The van der Waals surface area contributed by atoms with Crippen molar-refractivity contribution in [1.29, 1.82) is 0 Å². The van der Waals surface area contributed by atoms with Crippen molar-refractivity contribution in [2.75, 3.05) is 13.2 Å². The Hall–Kier alpha value is -1.26. The van der Waals surface area contributed by atoms with E-state index in [4.69, 9.17) is 4.74 Å². The molecule has 0 aromatic heterocycles. The Kier molecular flexibility index (Phi) is 4.83. The van der Waals surface area contributed by atoms with Crippen LogP contribution in [0.15, 0.2) is 28.3 Å². The quantitative estimate of drug-likeness (QED) is 0.577. The van der Waals surface area contributed by atoms with Gasteiger partial charge in [0.05, 0.1) is 0 Å². The van der Waals surface area contributed by atoms with Gasteiger partial charge < -0.3 is 4.74 Å². The third-order valence-electron chi connectivity index (χ3n) is 4.82. The predicted molar refractivity (Wildman–Crippen MR) is 92.6 cm³/mol. The Morgan fingerprint density at radius 3 is 2.35 bits per heavy atom. The number of ether oxygens (including phenoxy) is 1. The second-order valence-corrected chi connectivity index (χ2v) is 7.45. The lowest BCUT2D eigenvalue weighted by Gasteiger charge is -2.19. The monoisotopic (exact) mass is 376 g/mol. The van der Waals surface area contributed by atoms with Gasteiger partial charge in [-0.25, -0.2) is 0 Å². The van der Waals surface area contributed by atoms with Crippen molar-refractivity contribution in [2.24, 2.45) is 5.92 Å². The van der Waals surface area contributed by atoms with Gasteiger partial charge in [-0.15, -0.1) is 0 Å². The highest BCUT2D eigenvalue weighted by Gasteiger charge is 2.40. The van der Waals surface area contributed by atoms with E-state index < -0.39 is 5.92 Å². The molecular weight excluding hydrogens is 356 g/mol. The lowest BCUT2D eigenvalue weighted by atomic mass is 9.88. The van der Waals surface area contributed by atoms with Crippen molar-refractivity contribution in [2.45, 2.75) is 39.0 Å². The van der Waals surface area contributed by atoms with Crippen molar-refractivity contribution in [1.82, 2.24) is 0 Å². The van der Waals surface area contributed by atoms with Crippen LogP contribution < -0.4 is 0 Å². The third-order valence-corrected chi connectivity index (χ3v) is 5.27. The average molecular weight is 377 g/mol. The van der Waals surface area contributed by atoms with Gasteiger partial charge >= 0.3 is 0 Å². The Bertz CT molecular complexity index is 661. The fourth-order valence-electron chi connectivity index (χ4n) is 3.69. The van der Waals surface area contributed by atoms with Gasteiger partial charge in [-0.2, -0.15) is 0 Å². The normalized spacial score (nSPS) is 24.7. The standard InChI is InChI=1S/C19H21BrO3/c1-11-7-15(20)8-12(2)17(11)18-16(21)10-14(19(18)22)9-13-3-5-23-6-4-13/h7-9,13,18H,3-6,10H2,1-2H3/b14-9+. The minimum Gasteiger partial charge on any atom is -0.381 e. The lowest BCUT2D eigenvalue weighted by molar-refractivity contribution is -0.123. The number of Topliss-reactive ketones (excluding diaryl/α,β-unsaturated/α-hetero) is 2. The highest BCUT2D eigenvalue weighted by atomic mass is 79.9. The molecule has 23 heavy (non-hydrogen) atoms. The summed E-state index contributed by atoms with van der Waals surface area (Å²) >= 11 is 3.47. The smallest absolute Gasteiger partial charge is 0.173 e. The van der Waals surface area contributed by atoms with E-state index in [-0.39, 0.29) is 18.0 Å². The highest BCUT2D eigenvalue weighted by molar-refractivity contribution is 9.10. The molecule has 0 spiro atoms. The van der Waals surface area contributed by atoms with E-state index in [1.165, 1.54) is 0 Å². The zero-order valence-corrected chi connectivity index (χ0v) is 15.1. The molecule has 1 saturated carbocycles. The van der Waals surface area contributed by atoms with E-state index in [0.717, 1.165) is 47.2 Å². The summed E-state index contributed by atoms with van der Waals surface area (Å²) in [5.74, 6) is -0.229. The van der Waals surface area contributed by atoms with Crippen LogP contribution in [0.25, 0.3) is 0 Å². The molecule has 1 saturated heterocycles. The number of ketones is 2. The largest absolute Gasteiger partial charge is 0.381 e. The van der Waals surface area contributed by atoms with E-state index in [1.54, 1.807) is 0 Å². The maximum absolute atomic E-state index is 12.8. The number of allylic oxidation sites excluding steroid dienone is 2. The molecule has 1 aliphatic heterocycles. The molecular formula is C19H21BrO3. The van der Waals surface area contributed by atoms with Crippen molar-refractivity contribution in [3.63, 3.8) is 0 Å². The van der Waals surface area contributed by atoms with Crippen molar-refractivity contribution >= 4 is 27.5 Å². The predicted octanol–water partition coefficient (Wildman–Crippen LogP) is 4.04. The topological polar surface area (TPSA) is 43.4 Å². The molecule has 0 amide bonds. The Balaban J connectivity index is 1.91. The van der Waals surface area contributed by atoms with E-state index in [2.05, 4.69) is 15.9 Å². The molecule has 0 N–H and O–H groups in total. The van der Waals surface area contributed by atoms with Gasteiger partial charge in [-0.3, -0.25) is 9.59 Å². The summed E-state index contributed by atoms with van der Waals surface area (Å²) in [6, 6.07) is 3.95. The van der Waals surface area contributed by atoms with Gasteiger partial charge in [0.25, 0.3) is 0 Å². The molecule has 1 aromatic rings. The number of hydrogen-bond donors (Lipinski definition) is 0. The number of hydrogen-bond acceptors (Lipinski definition) is 3. The molecule has 3 nitrogen and oxygen atoms in total. The van der Waals surface area contributed by atoms with Crippen LogP contribution in [0, 0.1) is 19.8 Å². The number of aryl methyl sites for hydroxylation is 2. The summed E-state index contributed by atoms with van der Waals surface area (Å²) in [5.41, 5.74) is 3.58. The van der Waals surface area contributed by atoms with Crippen LogP contribution >= 0.6 is 15.9 Å². The Labute approximate surface area is 145 Å². The van der Waals surface area contributed by atoms with Gasteiger partial charge in [0.1, 0.15) is 5.92 Å². The zero-order valence-electron chi connectivity index (χ0n) is 13.5. The molecule has 2 fully saturated rings. The molecule has 3 rings (SSSR count). The molecule has 0 bridgehead atoms. The van der Waals surface area contributed by atoms with Crippen LogP contribution in [0.3, 0.4) is 0 Å². The highest BCUT2D eigenvalue weighted by Crippen LogP contribution is 2.37. The van der Waals surface area contributed by atoms with Crippen LogP contribution in [0.2, 0.25) is 0 Å². The molecule has 2 aliphatic rings. The van der Waals surface area contributed by atoms with Crippen LogP contribution in [0.4, 0.5) is 0 Å². The number of carbonyl (C=O) groups is 2. The van der Waals surface area contributed by atoms with E-state index in [1.807, 2.05) is 32.1 Å². The van der Waals surface area contributed by atoms with E-state index >= 15 is 0 Å². The molecule has 1 aromatic carbocycles. The van der Waals surface area contributed by atoms with Gasteiger partial charge in [0.2, 0.25) is 0 Å². The Morgan fingerprint density at radius 1 is 1.13 bits per heavy atom. The molecule has 0 radical (unpaired) electrons. The fraction of sp³-hybridized carbons (Fsp3) is 0.474. The Morgan fingerprint density at radius 2 is 1.74 bits per heavy atom. The van der Waals surface area contributed by atoms with E-state index in [0.29, 0.717) is 11.5 Å². The first-order chi connectivity index (χ1) is 11.0. The van der Waals surface area contributed by atoms with Crippen LogP contribution in [-0.2, 0) is 14.3 Å². The molecule has 4 heteroatoms. The number of rotatable bonds is 2. The molecule has 1 aliphatic carbocycles. The van der Waals surface area contributed by atoms with E-state index in [9.17, 15) is 9.59 Å². The third kappa shape index (κ3) is 3.33. The molecule has 1 unspecified atom stereocenters. The average Bonchev–Trinajstić information content (AvgIpc) is 2.75. The minimum atomic E-state index is -0.616. The summed E-state index contributed by atoms with van der Waals surface area (Å²) in [6.45, 7) is 5.41. The van der Waals surface area contributed by atoms with Gasteiger partial charge in [0, 0.05) is 24.1 Å². The zero-order chi connectivity index (χ0) is 16.6. The number of benzene rings is 1. The van der Waals surface area contributed by atoms with Gasteiger partial charge in [-0.1, -0.05) is 22.0 Å². The maximum Gasteiger partial charge on any atom is 0.173 e. The van der Waals surface area contributed by atoms with Crippen molar-refractivity contribution in [3.05, 3.63) is 44.9 Å². The summed E-state index contributed by atoms with van der Waals surface area (Å²) in [5, 5.41) is 0. The molecule has 1 atom stereocenters. The van der Waals surface area contributed by atoms with Gasteiger partial charge in [-0.05, 0) is 67.0 Å². The second-order valence-electron chi connectivity index (χ2n) is 6.54. The van der Waals surface area contributed by atoms with Crippen LogP contribution in [0.5, 0.6) is 0 Å². The molecule has 1 heterocycles. The second kappa shape index (κ2) is 6.70. The first kappa shape index (κ1) is 16.6. The summed E-state index contributed by atoms with van der Waals surface area (Å²) < 4.78 is 6.34. The first-order valence-corrected chi connectivity index (χ1v) is 8.88. The minimum absolute atomic E-state index is 0.00462. The summed E-state index contributed by atoms with van der Waals surface area (Å²) in [7, 11) is 0. The summed E-state index contributed by atoms with van der Waals surface area (Å²) in [6.07, 6.45) is 4.18. The lowest BCUT2D eigenvalue weighted by Crippen LogP contribution is -2.17. The van der Waals surface area contributed by atoms with Crippen molar-refractivity contribution in [3.8, 4) is 0 Å². The first-order valence-electron chi connectivity index (χ1n) is 8.09. The number of halogens is 1.